The molecule has 2 aromatic carbocycles. The van der Waals surface area contributed by atoms with Gasteiger partial charge < -0.3 is 10.2 Å². The van der Waals surface area contributed by atoms with E-state index in [0.717, 1.165) is 13.0 Å². The second kappa shape index (κ2) is 7.76. The Morgan fingerprint density at radius 3 is 2.63 bits per heavy atom. The zero-order valence-corrected chi connectivity index (χ0v) is 18.8. The Kier molecular flexibility index (Phi) is 5.42. The number of phenols is 2. The molecule has 3 nitrogen and oxygen atoms in total. The van der Waals surface area contributed by atoms with Crippen LogP contribution in [-0.2, 0) is 11.8 Å². The van der Waals surface area contributed by atoms with Gasteiger partial charge in [-0.2, -0.15) is 0 Å². The van der Waals surface area contributed by atoms with Crippen LogP contribution in [0.2, 0.25) is 0 Å². The lowest BCUT2D eigenvalue weighted by Crippen LogP contribution is -2.50. The zero-order valence-electron chi connectivity index (χ0n) is 18.8. The average molecular weight is 406 g/mol. The monoisotopic (exact) mass is 405 g/mol. The fourth-order valence-electron chi connectivity index (χ4n) is 6.19. The number of aromatic hydroxyl groups is 2. The Morgan fingerprint density at radius 2 is 1.90 bits per heavy atom. The molecule has 0 spiro atoms. The number of hydrogen-bond acceptors (Lipinski definition) is 3. The normalized spacial score (nSPS) is 28.5. The summed E-state index contributed by atoms with van der Waals surface area (Å²) >= 11 is 0. The molecule has 2 aliphatic carbocycles. The number of fused-ring (bicyclic) bond motifs is 3. The standard InChI is InChI=1S/C27H35NO2/c1-18(2)19-7-10-23-20(14-19)8-11-25-26(3,12-5-13-27(23,25)4)17-28-16-21-6-9-22(29)15-24(21)30/h6-7,9-10,14-16,18,25,29-30H,5,8,11-13,17H2,1-4H3/t25-,26-,27+/m0/s1. The van der Waals surface area contributed by atoms with Gasteiger partial charge in [0.2, 0.25) is 0 Å². The van der Waals surface area contributed by atoms with Crippen molar-refractivity contribution in [2.24, 2.45) is 16.3 Å². The van der Waals surface area contributed by atoms with E-state index < -0.39 is 0 Å². The van der Waals surface area contributed by atoms with Gasteiger partial charge in [0.15, 0.2) is 0 Å². The van der Waals surface area contributed by atoms with E-state index in [-0.39, 0.29) is 22.3 Å². The van der Waals surface area contributed by atoms with Crippen LogP contribution < -0.4 is 0 Å². The van der Waals surface area contributed by atoms with Crippen LogP contribution in [0.5, 0.6) is 11.5 Å². The average Bonchev–Trinajstić information content (AvgIpc) is 2.69. The third-order valence-electron chi connectivity index (χ3n) is 7.86. The molecule has 2 aromatic rings. The van der Waals surface area contributed by atoms with Gasteiger partial charge in [-0.3, -0.25) is 4.99 Å². The molecule has 30 heavy (non-hydrogen) atoms. The minimum atomic E-state index is 0.0705. The maximum absolute atomic E-state index is 10.0. The van der Waals surface area contributed by atoms with E-state index >= 15 is 0 Å². The summed E-state index contributed by atoms with van der Waals surface area (Å²) in [5.74, 6) is 1.33. The van der Waals surface area contributed by atoms with Gasteiger partial charge in [0.05, 0.1) is 0 Å². The van der Waals surface area contributed by atoms with Crippen LogP contribution in [0, 0.1) is 11.3 Å². The number of hydrogen-bond donors (Lipinski definition) is 2. The molecule has 0 saturated heterocycles. The molecule has 0 aromatic heterocycles. The van der Waals surface area contributed by atoms with Crippen molar-refractivity contribution in [3.63, 3.8) is 0 Å². The first-order valence-corrected chi connectivity index (χ1v) is 11.4. The van der Waals surface area contributed by atoms with Crippen LogP contribution in [0.25, 0.3) is 0 Å². The molecular formula is C27H35NO2. The predicted octanol–water partition coefficient (Wildman–Crippen LogP) is 6.35. The first-order valence-electron chi connectivity index (χ1n) is 11.4. The van der Waals surface area contributed by atoms with Crippen molar-refractivity contribution in [2.45, 2.75) is 71.1 Å². The van der Waals surface area contributed by atoms with E-state index in [9.17, 15) is 10.2 Å². The van der Waals surface area contributed by atoms with E-state index in [1.54, 1.807) is 29.5 Å². The maximum atomic E-state index is 10.0. The predicted molar refractivity (Wildman–Crippen MR) is 124 cm³/mol. The van der Waals surface area contributed by atoms with E-state index in [4.69, 9.17) is 4.99 Å². The van der Waals surface area contributed by atoms with Gasteiger partial charge in [-0.05, 0) is 77.2 Å². The topological polar surface area (TPSA) is 52.8 Å². The molecule has 0 heterocycles. The van der Waals surface area contributed by atoms with Crippen LogP contribution in [0.4, 0.5) is 0 Å². The Hall–Kier alpha value is -2.29. The molecule has 0 unspecified atom stereocenters. The van der Waals surface area contributed by atoms with Gasteiger partial charge in [0.1, 0.15) is 11.5 Å². The first-order chi connectivity index (χ1) is 14.2. The molecule has 4 rings (SSSR count). The molecule has 0 radical (unpaired) electrons. The van der Waals surface area contributed by atoms with Crippen molar-refractivity contribution in [2.75, 3.05) is 6.54 Å². The molecule has 2 aliphatic rings. The number of benzene rings is 2. The van der Waals surface area contributed by atoms with Crippen molar-refractivity contribution >= 4 is 6.21 Å². The summed E-state index contributed by atoms with van der Waals surface area (Å²) in [5.41, 5.74) is 5.60. The lowest BCUT2D eigenvalue weighted by molar-refractivity contribution is 0.0332. The highest BCUT2D eigenvalue weighted by Gasteiger charge is 2.51. The fraction of sp³-hybridized carbons (Fsp3) is 0.519. The fourth-order valence-corrected chi connectivity index (χ4v) is 6.19. The van der Waals surface area contributed by atoms with Crippen LogP contribution in [0.3, 0.4) is 0 Å². The molecule has 3 atom stereocenters. The summed E-state index contributed by atoms with van der Waals surface area (Å²) in [6.45, 7) is 10.2. The summed E-state index contributed by atoms with van der Waals surface area (Å²) < 4.78 is 0. The van der Waals surface area contributed by atoms with E-state index in [0.29, 0.717) is 17.4 Å². The van der Waals surface area contributed by atoms with Gasteiger partial charge in [0.25, 0.3) is 0 Å². The number of aryl methyl sites for hydroxylation is 1. The quantitative estimate of drug-likeness (QED) is 0.582. The third-order valence-corrected chi connectivity index (χ3v) is 7.86. The molecule has 2 N–H and O–H groups in total. The molecule has 1 saturated carbocycles. The number of phenolic OH excluding ortho intramolecular Hbond substituents is 2. The van der Waals surface area contributed by atoms with Crippen molar-refractivity contribution in [3.05, 3.63) is 58.7 Å². The second-order valence-corrected chi connectivity index (χ2v) is 10.3. The summed E-state index contributed by atoms with van der Waals surface area (Å²) in [6, 6.07) is 11.9. The highest BCUT2D eigenvalue weighted by Crippen LogP contribution is 2.57. The lowest BCUT2D eigenvalue weighted by atomic mass is 9.50. The second-order valence-electron chi connectivity index (χ2n) is 10.3. The molecule has 160 valence electrons. The Morgan fingerprint density at radius 1 is 1.10 bits per heavy atom. The van der Waals surface area contributed by atoms with Crippen LogP contribution in [-0.4, -0.2) is 23.0 Å². The van der Waals surface area contributed by atoms with Crippen molar-refractivity contribution in [3.8, 4) is 11.5 Å². The highest BCUT2D eigenvalue weighted by atomic mass is 16.3. The Bertz CT molecular complexity index is 963. The summed E-state index contributed by atoms with van der Waals surface area (Å²) in [4.78, 5) is 4.78. The molecule has 3 heteroatoms. The van der Waals surface area contributed by atoms with E-state index in [1.165, 1.54) is 37.3 Å². The van der Waals surface area contributed by atoms with Gasteiger partial charge in [-0.15, -0.1) is 0 Å². The van der Waals surface area contributed by atoms with Crippen molar-refractivity contribution in [1.29, 1.82) is 0 Å². The summed E-state index contributed by atoms with van der Waals surface area (Å²) in [6.07, 6.45) is 7.83. The highest BCUT2D eigenvalue weighted by molar-refractivity contribution is 5.83. The van der Waals surface area contributed by atoms with Crippen LogP contribution in [0.1, 0.15) is 81.5 Å². The molecule has 1 fully saturated rings. The van der Waals surface area contributed by atoms with Crippen molar-refractivity contribution in [1.82, 2.24) is 0 Å². The molecule has 0 bridgehead atoms. The third kappa shape index (κ3) is 3.64. The SMILES string of the molecule is CC(C)c1ccc2c(c1)CC[C@H]1[C@](C)(CN=Cc3ccc(O)cc3O)CCC[C@]21C. The van der Waals surface area contributed by atoms with Crippen LogP contribution >= 0.6 is 0 Å². The van der Waals surface area contributed by atoms with E-state index in [2.05, 4.69) is 45.9 Å². The minimum Gasteiger partial charge on any atom is -0.508 e. The van der Waals surface area contributed by atoms with Crippen molar-refractivity contribution < 1.29 is 10.2 Å². The van der Waals surface area contributed by atoms with Crippen LogP contribution in [0.15, 0.2) is 41.4 Å². The maximum Gasteiger partial charge on any atom is 0.128 e. The lowest BCUT2D eigenvalue weighted by Gasteiger charge is -2.55. The number of aliphatic imine (C=N–C) groups is 1. The zero-order chi connectivity index (χ0) is 21.5. The minimum absolute atomic E-state index is 0.0705. The smallest absolute Gasteiger partial charge is 0.128 e. The molecule has 0 aliphatic heterocycles. The number of rotatable bonds is 4. The summed E-state index contributed by atoms with van der Waals surface area (Å²) in [5, 5.41) is 19.5. The Labute approximate surface area is 180 Å². The van der Waals surface area contributed by atoms with Gasteiger partial charge in [-0.25, -0.2) is 0 Å². The molecule has 0 amide bonds. The van der Waals surface area contributed by atoms with E-state index in [1.807, 2.05) is 0 Å². The van der Waals surface area contributed by atoms with Gasteiger partial charge in [0, 0.05) is 24.4 Å². The van der Waals surface area contributed by atoms with Gasteiger partial charge >= 0.3 is 0 Å². The number of nitrogens with zero attached hydrogens (tertiary/aromatic N) is 1. The largest absolute Gasteiger partial charge is 0.508 e. The summed E-state index contributed by atoms with van der Waals surface area (Å²) in [7, 11) is 0. The molecular weight excluding hydrogens is 370 g/mol. The first kappa shape index (κ1) is 21.0. The Balaban J connectivity index is 1.59. The van der Waals surface area contributed by atoms with Gasteiger partial charge in [-0.1, -0.05) is 52.3 Å².